The number of hydrogen-bond acceptors (Lipinski definition) is 1. The monoisotopic (exact) mass is 585 g/mol. The number of rotatable bonds is 2. The van der Waals surface area contributed by atoms with Crippen molar-refractivity contribution >= 4 is 43.2 Å². The number of ether oxygens (including phenoxy) is 1. The molecule has 46 heavy (non-hydrogen) atoms. The molecule has 2 heterocycles. The van der Waals surface area contributed by atoms with Crippen LogP contribution in [-0.2, 0) is 0 Å². The maximum atomic E-state index is 6.54. The highest BCUT2D eigenvalue weighted by molar-refractivity contribution is 6.25. The number of hydrogen-bond donors (Lipinski definition) is 0. The van der Waals surface area contributed by atoms with Crippen molar-refractivity contribution in [2.24, 2.45) is 0 Å². The quantitative estimate of drug-likeness (QED) is 0.184. The van der Waals surface area contributed by atoms with Crippen LogP contribution in [0.4, 0.5) is 0 Å². The van der Waals surface area contributed by atoms with Crippen molar-refractivity contribution < 1.29 is 4.74 Å². The zero-order valence-corrected chi connectivity index (χ0v) is 24.9. The molecule has 0 atom stereocenters. The second-order valence-corrected chi connectivity index (χ2v) is 12.1. The molecule has 0 saturated carbocycles. The Morgan fingerprint density at radius 1 is 0.370 bits per heavy atom. The summed E-state index contributed by atoms with van der Waals surface area (Å²) in [5.74, 6) is 1.74. The summed E-state index contributed by atoms with van der Waals surface area (Å²) in [5.41, 5.74) is 9.25. The molecule has 1 aromatic heterocycles. The Balaban J connectivity index is 1.18. The fourth-order valence-electron chi connectivity index (χ4n) is 7.56. The van der Waals surface area contributed by atoms with Crippen molar-refractivity contribution in [3.05, 3.63) is 164 Å². The normalized spacial score (nSPS) is 12.1. The van der Waals surface area contributed by atoms with Crippen LogP contribution >= 0.6 is 0 Å². The lowest BCUT2D eigenvalue weighted by Gasteiger charge is -2.15. The number of fused-ring (bicyclic) bond motifs is 13. The summed E-state index contributed by atoms with van der Waals surface area (Å²) in [6, 6.07) is 58.9. The first kappa shape index (κ1) is 25.2. The van der Waals surface area contributed by atoms with E-state index in [2.05, 4.69) is 156 Å². The third-order valence-electron chi connectivity index (χ3n) is 9.60. The van der Waals surface area contributed by atoms with Crippen LogP contribution in [0.25, 0.3) is 82.4 Å². The van der Waals surface area contributed by atoms with E-state index in [0.717, 1.165) is 34.0 Å². The molecule has 1 aliphatic rings. The Morgan fingerprint density at radius 3 is 1.57 bits per heavy atom. The van der Waals surface area contributed by atoms with E-state index in [1.165, 1.54) is 59.9 Å². The summed E-state index contributed by atoms with van der Waals surface area (Å²) in [4.78, 5) is 0. The third-order valence-corrected chi connectivity index (χ3v) is 9.60. The van der Waals surface area contributed by atoms with Crippen molar-refractivity contribution in [3.63, 3.8) is 0 Å². The minimum Gasteiger partial charge on any atom is -0.456 e. The van der Waals surface area contributed by atoms with E-state index in [1.807, 2.05) is 12.1 Å². The minimum atomic E-state index is 0.866. The van der Waals surface area contributed by atoms with Crippen molar-refractivity contribution in [2.45, 2.75) is 0 Å². The van der Waals surface area contributed by atoms with E-state index in [1.54, 1.807) is 0 Å². The van der Waals surface area contributed by atoms with Gasteiger partial charge in [0.2, 0.25) is 0 Å². The highest BCUT2D eigenvalue weighted by Gasteiger charge is 2.28. The van der Waals surface area contributed by atoms with Crippen LogP contribution in [0.1, 0.15) is 0 Å². The average Bonchev–Trinajstić information content (AvgIpc) is 3.39. The van der Waals surface area contributed by atoms with Gasteiger partial charge in [0.05, 0.1) is 11.2 Å². The van der Waals surface area contributed by atoms with Gasteiger partial charge < -0.3 is 9.30 Å². The Hall–Kier alpha value is -6.12. The minimum absolute atomic E-state index is 0.866. The molecular weight excluding hydrogens is 558 g/mol. The molecule has 0 unspecified atom stereocenters. The zero-order chi connectivity index (χ0) is 30.2. The third kappa shape index (κ3) is 3.59. The van der Waals surface area contributed by atoms with Crippen LogP contribution in [0.5, 0.6) is 11.5 Å². The fraction of sp³-hybridized carbons (Fsp3) is 0. The predicted molar refractivity (Wildman–Crippen MR) is 192 cm³/mol. The molecule has 0 bridgehead atoms. The van der Waals surface area contributed by atoms with E-state index in [-0.39, 0.29) is 0 Å². The smallest absolute Gasteiger partial charge is 0.136 e. The fourth-order valence-corrected chi connectivity index (χ4v) is 7.56. The summed E-state index contributed by atoms with van der Waals surface area (Å²) in [7, 11) is 0. The maximum absolute atomic E-state index is 6.54. The lowest BCUT2D eigenvalue weighted by atomic mass is 9.92. The molecule has 0 spiro atoms. The Morgan fingerprint density at radius 2 is 0.870 bits per heavy atom. The standard InChI is InChI=1S/C44H27NO/c1-2-13-33-31(11-1)32-12-3-4-14-34(32)39-27-29(23-26-35(33)39)28-21-24-30(25-22-28)45-40-18-8-5-15-36(40)43-37-16-6-9-19-41(37)46-42-20-10-7-17-38(42)44(43)45/h1-27H. The maximum Gasteiger partial charge on any atom is 0.136 e. The lowest BCUT2D eigenvalue weighted by molar-refractivity contribution is 0.487. The lowest BCUT2D eigenvalue weighted by Crippen LogP contribution is -1.98. The molecule has 0 saturated heterocycles. The first-order chi connectivity index (χ1) is 22.8. The summed E-state index contributed by atoms with van der Waals surface area (Å²) < 4.78 is 8.94. The zero-order valence-electron chi connectivity index (χ0n) is 24.9. The Bertz CT molecular complexity index is 2630. The molecular formula is C44H27NO. The number of nitrogens with zero attached hydrogens (tertiary/aromatic N) is 1. The van der Waals surface area contributed by atoms with Gasteiger partial charge in [-0.05, 0) is 85.9 Å². The average molecular weight is 586 g/mol. The second kappa shape index (κ2) is 9.69. The van der Waals surface area contributed by atoms with Crippen molar-refractivity contribution in [2.75, 3.05) is 0 Å². The molecule has 10 rings (SSSR count). The van der Waals surface area contributed by atoms with Gasteiger partial charge in [-0.3, -0.25) is 0 Å². The molecule has 9 aromatic rings. The van der Waals surface area contributed by atoms with E-state index in [0.29, 0.717) is 0 Å². The molecule has 2 heteroatoms. The second-order valence-electron chi connectivity index (χ2n) is 12.1. The SMILES string of the molecule is c1ccc2c(c1)Oc1ccccc1-c1c-2c2ccccc2n1-c1ccc(-c2ccc3c4ccccc4c4ccccc4c3c2)cc1. The highest BCUT2D eigenvalue weighted by atomic mass is 16.5. The van der Waals surface area contributed by atoms with Gasteiger partial charge >= 0.3 is 0 Å². The topological polar surface area (TPSA) is 14.2 Å². The van der Waals surface area contributed by atoms with E-state index in [9.17, 15) is 0 Å². The van der Waals surface area contributed by atoms with Gasteiger partial charge in [0, 0.05) is 27.8 Å². The van der Waals surface area contributed by atoms with Crippen LogP contribution < -0.4 is 4.74 Å². The number of aromatic nitrogens is 1. The van der Waals surface area contributed by atoms with Crippen LogP contribution in [0.3, 0.4) is 0 Å². The van der Waals surface area contributed by atoms with Crippen LogP contribution in [0.15, 0.2) is 164 Å². The molecule has 2 nitrogen and oxygen atoms in total. The molecule has 1 aliphatic heterocycles. The van der Waals surface area contributed by atoms with Gasteiger partial charge in [-0.15, -0.1) is 0 Å². The van der Waals surface area contributed by atoms with Gasteiger partial charge in [0.25, 0.3) is 0 Å². The first-order valence-electron chi connectivity index (χ1n) is 15.8. The van der Waals surface area contributed by atoms with Gasteiger partial charge in [0.15, 0.2) is 0 Å². The largest absolute Gasteiger partial charge is 0.456 e. The van der Waals surface area contributed by atoms with Crippen LogP contribution in [0.2, 0.25) is 0 Å². The van der Waals surface area contributed by atoms with Gasteiger partial charge in [-0.25, -0.2) is 0 Å². The summed E-state index contributed by atoms with van der Waals surface area (Å²) >= 11 is 0. The Kier molecular flexibility index (Phi) is 5.31. The molecule has 0 N–H and O–H groups in total. The van der Waals surface area contributed by atoms with Crippen molar-refractivity contribution in [3.8, 4) is 50.7 Å². The Labute approximate surface area is 266 Å². The summed E-state index contributed by atoms with van der Waals surface area (Å²) in [6.45, 7) is 0. The molecule has 0 fully saturated rings. The number of benzene rings is 8. The molecule has 0 amide bonds. The predicted octanol–water partition coefficient (Wildman–Crippen LogP) is 12.2. The van der Waals surface area contributed by atoms with E-state index < -0.39 is 0 Å². The van der Waals surface area contributed by atoms with Crippen molar-refractivity contribution in [1.29, 1.82) is 0 Å². The number of para-hydroxylation sites is 3. The first-order valence-corrected chi connectivity index (χ1v) is 15.8. The van der Waals surface area contributed by atoms with Crippen molar-refractivity contribution in [1.82, 2.24) is 4.57 Å². The van der Waals surface area contributed by atoms with Gasteiger partial charge in [-0.2, -0.15) is 0 Å². The summed E-state index contributed by atoms with van der Waals surface area (Å²) in [6.07, 6.45) is 0. The van der Waals surface area contributed by atoms with Crippen LogP contribution in [-0.4, -0.2) is 4.57 Å². The molecule has 0 aliphatic carbocycles. The molecule has 8 aromatic carbocycles. The van der Waals surface area contributed by atoms with Gasteiger partial charge in [-0.1, -0.05) is 121 Å². The molecule has 214 valence electrons. The van der Waals surface area contributed by atoms with E-state index >= 15 is 0 Å². The molecule has 0 radical (unpaired) electrons. The summed E-state index contributed by atoms with van der Waals surface area (Å²) in [5, 5.41) is 8.97. The van der Waals surface area contributed by atoms with Gasteiger partial charge in [0.1, 0.15) is 11.5 Å². The van der Waals surface area contributed by atoms with E-state index in [4.69, 9.17) is 4.74 Å². The highest BCUT2D eigenvalue weighted by Crippen LogP contribution is 2.51. The van der Waals surface area contributed by atoms with Crippen LogP contribution in [0, 0.1) is 0 Å².